The first-order valence-electron chi connectivity index (χ1n) is 4.89. The van der Waals surface area contributed by atoms with Crippen LogP contribution < -0.4 is 0 Å². The van der Waals surface area contributed by atoms with Gasteiger partial charge in [-0.1, -0.05) is 6.92 Å². The fourth-order valence-electron chi connectivity index (χ4n) is 1.12. The van der Waals surface area contributed by atoms with Crippen LogP contribution in [0.3, 0.4) is 0 Å². The zero-order chi connectivity index (χ0) is 11.4. The molecule has 0 aromatic carbocycles. The lowest BCUT2D eigenvalue weighted by Crippen LogP contribution is -2.02. The third-order valence-corrected chi connectivity index (χ3v) is 3.21. The number of hydrogen-bond acceptors (Lipinski definition) is 4. The van der Waals surface area contributed by atoms with E-state index in [1.54, 1.807) is 12.3 Å². The smallest absolute Gasteiger partial charge is 0.199 e. The van der Waals surface area contributed by atoms with E-state index in [0.29, 0.717) is 0 Å². The van der Waals surface area contributed by atoms with Gasteiger partial charge in [0.2, 0.25) is 0 Å². The molecule has 0 aliphatic rings. The number of carbonyl (C=O) groups is 1. The minimum absolute atomic E-state index is 0.0402. The molecule has 82 valence electrons. The normalized spacial score (nSPS) is 10.9. The summed E-state index contributed by atoms with van der Waals surface area (Å²) in [4.78, 5) is 18.7. The summed E-state index contributed by atoms with van der Waals surface area (Å²) < 4.78 is 0. The molecule has 0 N–H and O–H groups in total. The second-order valence-corrected chi connectivity index (χ2v) is 4.60. The van der Waals surface area contributed by atoms with Crippen LogP contribution in [0.4, 0.5) is 0 Å². The number of nitrogens with zero attached hydrogens (tertiary/aromatic N) is 2. The lowest BCUT2D eigenvalue weighted by Gasteiger charge is -2.01. The van der Waals surface area contributed by atoms with Gasteiger partial charge in [-0.05, 0) is 13.3 Å². The summed E-state index contributed by atoms with van der Waals surface area (Å²) in [5.74, 6) is 0.0402. The van der Waals surface area contributed by atoms with Gasteiger partial charge in [-0.25, -0.2) is 4.98 Å². The zero-order valence-corrected chi connectivity index (χ0v) is 10.4. The summed E-state index contributed by atoms with van der Waals surface area (Å²) in [5, 5.41) is 1.02. The van der Waals surface area contributed by atoms with Crippen LogP contribution in [-0.2, 0) is 6.42 Å². The van der Waals surface area contributed by atoms with Gasteiger partial charge in [0.05, 0.1) is 15.6 Å². The second-order valence-electron chi connectivity index (χ2n) is 3.52. The van der Waals surface area contributed by atoms with Gasteiger partial charge in [0.15, 0.2) is 5.78 Å². The van der Waals surface area contributed by atoms with Crippen LogP contribution in [0.5, 0.6) is 0 Å². The van der Waals surface area contributed by atoms with Crippen LogP contribution in [0.15, 0.2) is 12.3 Å². The Morgan fingerprint density at radius 3 is 2.67 bits per heavy atom. The third kappa shape index (κ3) is 3.16. The first-order valence-corrected chi connectivity index (χ1v) is 5.71. The molecule has 0 bridgehead atoms. The molecule has 0 atom stereocenters. The number of ketones is 1. The summed E-state index contributed by atoms with van der Waals surface area (Å²) >= 11 is 1.49. The number of carbonyl (C=O) groups excluding carboxylic acids is 1. The van der Waals surface area contributed by atoms with E-state index in [0.717, 1.165) is 22.0 Å². The molecule has 0 saturated heterocycles. The van der Waals surface area contributed by atoms with Gasteiger partial charge in [-0.3, -0.25) is 4.79 Å². The maximum atomic E-state index is 11.8. The number of aryl methyl sites for hydroxylation is 2. The summed E-state index contributed by atoms with van der Waals surface area (Å²) in [6.45, 7) is 3.93. The molecule has 0 amide bonds. The van der Waals surface area contributed by atoms with Crippen molar-refractivity contribution < 1.29 is 4.79 Å². The third-order valence-electron chi connectivity index (χ3n) is 1.89. The van der Waals surface area contributed by atoms with Crippen LogP contribution in [-0.4, -0.2) is 29.8 Å². The maximum Gasteiger partial charge on any atom is 0.199 e. The number of rotatable bonds is 4. The van der Waals surface area contributed by atoms with Crippen LogP contribution in [0, 0.1) is 6.92 Å². The molecule has 1 heterocycles. The fourth-order valence-corrected chi connectivity index (χ4v) is 2.05. The van der Waals surface area contributed by atoms with Crippen molar-refractivity contribution in [3.05, 3.63) is 27.9 Å². The molecule has 0 spiro atoms. The molecule has 0 fully saturated rings. The van der Waals surface area contributed by atoms with Crippen molar-refractivity contribution in [3.63, 3.8) is 0 Å². The Kier molecular flexibility index (Phi) is 4.03. The minimum atomic E-state index is 0.0402. The summed E-state index contributed by atoms with van der Waals surface area (Å²) in [6.07, 6.45) is 4.23. The van der Waals surface area contributed by atoms with E-state index < -0.39 is 0 Å². The van der Waals surface area contributed by atoms with Gasteiger partial charge in [-0.2, -0.15) is 0 Å². The van der Waals surface area contributed by atoms with Gasteiger partial charge in [0.25, 0.3) is 0 Å². The molecule has 0 radical (unpaired) electrons. The molecule has 0 saturated carbocycles. The predicted octanol–water partition coefficient (Wildman–Crippen LogP) is 2.27. The Morgan fingerprint density at radius 1 is 1.53 bits per heavy atom. The first kappa shape index (κ1) is 11.9. The zero-order valence-electron chi connectivity index (χ0n) is 9.57. The summed E-state index contributed by atoms with van der Waals surface area (Å²) in [6, 6.07) is 0. The molecule has 3 nitrogen and oxygen atoms in total. The molecule has 0 aliphatic carbocycles. The first-order chi connectivity index (χ1) is 7.04. The van der Waals surface area contributed by atoms with E-state index in [4.69, 9.17) is 0 Å². The summed E-state index contributed by atoms with van der Waals surface area (Å²) in [5.41, 5.74) is 0.838. The number of thiazole rings is 1. The summed E-state index contributed by atoms with van der Waals surface area (Å²) in [7, 11) is 3.78. The van der Waals surface area contributed by atoms with Gasteiger partial charge < -0.3 is 4.90 Å². The Hall–Kier alpha value is -1.16. The van der Waals surface area contributed by atoms with Crippen molar-refractivity contribution in [2.75, 3.05) is 14.1 Å². The van der Waals surface area contributed by atoms with E-state index in [2.05, 4.69) is 4.98 Å². The Balaban J connectivity index is 2.86. The number of hydrogen-bond donors (Lipinski definition) is 0. The molecule has 0 aliphatic heterocycles. The lowest BCUT2D eigenvalue weighted by molar-refractivity contribution is 0.104. The molecule has 4 heteroatoms. The Morgan fingerprint density at radius 2 is 2.20 bits per heavy atom. The van der Waals surface area contributed by atoms with Crippen molar-refractivity contribution >= 4 is 17.1 Å². The Labute approximate surface area is 94.4 Å². The maximum absolute atomic E-state index is 11.8. The molecule has 1 rings (SSSR count). The largest absolute Gasteiger partial charge is 0.383 e. The average Bonchev–Trinajstić information content (AvgIpc) is 2.56. The van der Waals surface area contributed by atoms with Crippen molar-refractivity contribution in [1.29, 1.82) is 0 Å². The van der Waals surface area contributed by atoms with Crippen LogP contribution in [0.25, 0.3) is 0 Å². The monoisotopic (exact) mass is 224 g/mol. The molecular formula is C11H16N2OS. The molecule has 1 aromatic heterocycles. The van der Waals surface area contributed by atoms with Crippen molar-refractivity contribution in [2.45, 2.75) is 20.3 Å². The minimum Gasteiger partial charge on any atom is -0.383 e. The SMILES string of the molecule is CCc1nc(C)c(C(=O)/C=C\N(C)C)s1. The predicted molar refractivity (Wildman–Crippen MR) is 63.4 cm³/mol. The topological polar surface area (TPSA) is 33.2 Å². The molecular weight excluding hydrogens is 208 g/mol. The van der Waals surface area contributed by atoms with E-state index in [9.17, 15) is 4.79 Å². The highest BCUT2D eigenvalue weighted by Crippen LogP contribution is 2.19. The van der Waals surface area contributed by atoms with Crippen LogP contribution in [0.1, 0.15) is 27.3 Å². The fraction of sp³-hybridized carbons (Fsp3) is 0.455. The van der Waals surface area contributed by atoms with Gasteiger partial charge in [0, 0.05) is 26.4 Å². The van der Waals surface area contributed by atoms with Gasteiger partial charge in [0.1, 0.15) is 0 Å². The van der Waals surface area contributed by atoms with E-state index in [-0.39, 0.29) is 5.78 Å². The standard InChI is InChI=1S/C11H16N2OS/c1-5-10-12-8(2)11(15-10)9(14)6-7-13(3)4/h6-7H,5H2,1-4H3/b7-6-. The highest BCUT2D eigenvalue weighted by Gasteiger charge is 2.11. The van der Waals surface area contributed by atoms with Crippen LogP contribution in [0.2, 0.25) is 0 Å². The Bertz CT molecular complexity index is 380. The van der Waals surface area contributed by atoms with Gasteiger partial charge >= 0.3 is 0 Å². The van der Waals surface area contributed by atoms with E-state index >= 15 is 0 Å². The highest BCUT2D eigenvalue weighted by atomic mass is 32.1. The van der Waals surface area contributed by atoms with Crippen molar-refractivity contribution in [3.8, 4) is 0 Å². The van der Waals surface area contributed by atoms with Gasteiger partial charge in [-0.15, -0.1) is 11.3 Å². The number of aromatic nitrogens is 1. The second kappa shape index (κ2) is 5.07. The highest BCUT2D eigenvalue weighted by molar-refractivity contribution is 7.14. The number of allylic oxidation sites excluding steroid dienone is 1. The van der Waals surface area contributed by atoms with Crippen molar-refractivity contribution in [1.82, 2.24) is 9.88 Å². The molecule has 1 aromatic rings. The van der Waals surface area contributed by atoms with E-state index in [1.165, 1.54) is 11.3 Å². The van der Waals surface area contributed by atoms with Crippen molar-refractivity contribution in [2.24, 2.45) is 0 Å². The lowest BCUT2D eigenvalue weighted by atomic mass is 10.3. The molecule has 0 unspecified atom stereocenters. The van der Waals surface area contributed by atoms with Crippen LogP contribution >= 0.6 is 11.3 Å². The van der Waals surface area contributed by atoms with E-state index in [1.807, 2.05) is 32.8 Å². The molecule has 15 heavy (non-hydrogen) atoms. The quantitative estimate of drug-likeness (QED) is 0.581. The average molecular weight is 224 g/mol.